The number of benzene rings is 1. The molecule has 1 aliphatic rings. The van der Waals surface area contributed by atoms with Gasteiger partial charge in [-0.2, -0.15) is 0 Å². The first-order valence-corrected chi connectivity index (χ1v) is 8.24. The molecule has 0 spiro atoms. The lowest BCUT2D eigenvalue weighted by Gasteiger charge is -2.06. The predicted molar refractivity (Wildman–Crippen MR) is 89.6 cm³/mol. The maximum atomic E-state index is 11.9. The predicted octanol–water partition coefficient (Wildman–Crippen LogP) is 3.08. The fourth-order valence-corrected chi connectivity index (χ4v) is 2.76. The molecule has 2 amide bonds. The number of anilines is 1. The van der Waals surface area contributed by atoms with Gasteiger partial charge in [-0.3, -0.25) is 9.59 Å². The summed E-state index contributed by atoms with van der Waals surface area (Å²) < 4.78 is 0. The van der Waals surface area contributed by atoms with Gasteiger partial charge in [-0.1, -0.05) is 11.8 Å². The summed E-state index contributed by atoms with van der Waals surface area (Å²) in [6, 6.07) is 11.5. The van der Waals surface area contributed by atoms with E-state index in [4.69, 9.17) is 0 Å². The molecule has 1 aromatic carbocycles. The number of rotatable bonds is 5. The average molecular weight is 327 g/mol. The van der Waals surface area contributed by atoms with Crippen molar-refractivity contribution in [3.05, 3.63) is 48.2 Å². The Balaban J connectivity index is 1.61. The van der Waals surface area contributed by atoms with Crippen molar-refractivity contribution >= 4 is 29.3 Å². The molecule has 6 heteroatoms. The van der Waals surface area contributed by atoms with Gasteiger partial charge >= 0.3 is 0 Å². The van der Waals surface area contributed by atoms with Crippen molar-refractivity contribution in [2.75, 3.05) is 5.32 Å². The number of carbonyl (C=O) groups is 2. The molecule has 1 heterocycles. The van der Waals surface area contributed by atoms with Crippen LogP contribution >= 0.6 is 11.8 Å². The van der Waals surface area contributed by atoms with Crippen molar-refractivity contribution in [3.8, 4) is 0 Å². The fourth-order valence-electron chi connectivity index (χ4n) is 2.00. The van der Waals surface area contributed by atoms with Crippen molar-refractivity contribution in [1.82, 2.24) is 10.3 Å². The standard InChI is InChI=1S/C17H17N3O2S/c1-11(21)19-13-5-7-15(8-6-13)23-16-9-2-12(10-18-16)17(22)20-14-3-4-14/h2,5-10,14H,3-4H2,1H3,(H,19,21)(H,20,22). The highest BCUT2D eigenvalue weighted by Crippen LogP contribution is 2.27. The van der Waals surface area contributed by atoms with Gasteiger partial charge in [-0.15, -0.1) is 0 Å². The molecule has 23 heavy (non-hydrogen) atoms. The number of hydrogen-bond donors (Lipinski definition) is 2. The Kier molecular flexibility index (Phi) is 4.62. The van der Waals surface area contributed by atoms with Crippen LogP contribution in [0.5, 0.6) is 0 Å². The number of carbonyl (C=O) groups excluding carboxylic acids is 2. The van der Waals surface area contributed by atoms with Crippen LogP contribution in [0.4, 0.5) is 5.69 Å². The van der Waals surface area contributed by atoms with E-state index >= 15 is 0 Å². The molecular formula is C17H17N3O2S. The number of nitrogens with one attached hydrogen (secondary N) is 2. The zero-order valence-corrected chi connectivity index (χ0v) is 13.5. The van der Waals surface area contributed by atoms with Gasteiger partial charge in [0, 0.05) is 29.7 Å². The van der Waals surface area contributed by atoms with Crippen LogP contribution in [0, 0.1) is 0 Å². The number of nitrogens with zero attached hydrogens (tertiary/aromatic N) is 1. The summed E-state index contributed by atoms with van der Waals surface area (Å²) in [4.78, 5) is 28.2. The van der Waals surface area contributed by atoms with Crippen molar-refractivity contribution in [2.45, 2.75) is 35.7 Å². The quantitative estimate of drug-likeness (QED) is 0.885. The Bertz CT molecular complexity index is 710. The molecule has 1 saturated carbocycles. The van der Waals surface area contributed by atoms with Crippen molar-refractivity contribution in [3.63, 3.8) is 0 Å². The molecule has 1 aliphatic carbocycles. The van der Waals surface area contributed by atoms with Gasteiger partial charge in [-0.05, 0) is 49.2 Å². The minimum atomic E-state index is -0.0906. The van der Waals surface area contributed by atoms with Crippen LogP contribution in [-0.2, 0) is 4.79 Å². The highest BCUT2D eigenvalue weighted by atomic mass is 32.2. The molecule has 2 aromatic rings. The van der Waals surface area contributed by atoms with Gasteiger partial charge in [0.15, 0.2) is 0 Å². The lowest BCUT2D eigenvalue weighted by Crippen LogP contribution is -2.25. The van der Waals surface area contributed by atoms with Crippen molar-refractivity contribution in [1.29, 1.82) is 0 Å². The number of aromatic nitrogens is 1. The lowest BCUT2D eigenvalue weighted by atomic mass is 10.3. The van der Waals surface area contributed by atoms with Crippen molar-refractivity contribution in [2.24, 2.45) is 0 Å². The number of amides is 2. The second kappa shape index (κ2) is 6.83. The van der Waals surface area contributed by atoms with E-state index in [1.807, 2.05) is 30.3 Å². The van der Waals surface area contributed by atoms with Crippen LogP contribution < -0.4 is 10.6 Å². The SMILES string of the molecule is CC(=O)Nc1ccc(Sc2ccc(C(=O)NC3CC3)cn2)cc1. The molecule has 5 nitrogen and oxygen atoms in total. The smallest absolute Gasteiger partial charge is 0.253 e. The second-order valence-electron chi connectivity index (χ2n) is 5.44. The van der Waals surface area contributed by atoms with Crippen molar-refractivity contribution < 1.29 is 9.59 Å². The summed E-state index contributed by atoms with van der Waals surface area (Å²) in [7, 11) is 0. The minimum Gasteiger partial charge on any atom is -0.349 e. The zero-order valence-electron chi connectivity index (χ0n) is 12.7. The number of hydrogen-bond acceptors (Lipinski definition) is 4. The van der Waals surface area contributed by atoms with E-state index in [1.54, 1.807) is 12.3 Å². The Morgan fingerprint density at radius 2 is 1.87 bits per heavy atom. The molecule has 0 bridgehead atoms. The largest absolute Gasteiger partial charge is 0.349 e. The fraction of sp³-hybridized carbons (Fsp3) is 0.235. The Labute approximate surface area is 138 Å². The maximum absolute atomic E-state index is 11.9. The summed E-state index contributed by atoms with van der Waals surface area (Å²) >= 11 is 1.51. The molecule has 0 saturated heterocycles. The molecule has 118 valence electrons. The first-order chi connectivity index (χ1) is 11.1. The summed E-state index contributed by atoms with van der Waals surface area (Å²) in [5, 5.41) is 6.49. The lowest BCUT2D eigenvalue weighted by molar-refractivity contribution is -0.114. The van der Waals surface area contributed by atoms with Gasteiger partial charge in [0.1, 0.15) is 5.03 Å². The summed E-state index contributed by atoms with van der Waals surface area (Å²) in [5.41, 5.74) is 1.35. The third-order valence-corrected chi connectivity index (χ3v) is 4.27. The minimum absolute atomic E-state index is 0.0591. The number of pyridine rings is 1. The summed E-state index contributed by atoms with van der Waals surface area (Å²) in [6.07, 6.45) is 3.74. The zero-order chi connectivity index (χ0) is 16.2. The molecular weight excluding hydrogens is 310 g/mol. The highest BCUT2D eigenvalue weighted by Gasteiger charge is 2.23. The Hall–Kier alpha value is -2.34. The molecule has 1 fully saturated rings. The van der Waals surface area contributed by atoms with E-state index in [0.29, 0.717) is 11.6 Å². The average Bonchev–Trinajstić information content (AvgIpc) is 3.33. The molecule has 1 aromatic heterocycles. The summed E-state index contributed by atoms with van der Waals surface area (Å²) in [5.74, 6) is -0.150. The van der Waals surface area contributed by atoms with E-state index in [0.717, 1.165) is 28.5 Å². The summed E-state index contributed by atoms with van der Waals surface area (Å²) in [6.45, 7) is 1.48. The van der Waals surface area contributed by atoms with Gasteiger partial charge < -0.3 is 10.6 Å². The van der Waals surface area contributed by atoms with Crippen LogP contribution in [0.3, 0.4) is 0 Å². The van der Waals surface area contributed by atoms with E-state index in [9.17, 15) is 9.59 Å². The van der Waals surface area contributed by atoms with Crippen LogP contribution in [0.15, 0.2) is 52.5 Å². The van der Waals surface area contributed by atoms with Crippen LogP contribution in [0.1, 0.15) is 30.1 Å². The third-order valence-electron chi connectivity index (χ3n) is 3.31. The normalized spacial score (nSPS) is 13.4. The van der Waals surface area contributed by atoms with E-state index in [-0.39, 0.29) is 11.8 Å². The van der Waals surface area contributed by atoms with Gasteiger partial charge in [-0.25, -0.2) is 4.98 Å². The van der Waals surface area contributed by atoms with Crippen LogP contribution in [-0.4, -0.2) is 22.8 Å². The topological polar surface area (TPSA) is 71.1 Å². The van der Waals surface area contributed by atoms with Gasteiger partial charge in [0.25, 0.3) is 5.91 Å². The monoisotopic (exact) mass is 327 g/mol. The molecule has 2 N–H and O–H groups in total. The maximum Gasteiger partial charge on any atom is 0.253 e. The van der Waals surface area contributed by atoms with Gasteiger partial charge in [0.05, 0.1) is 5.56 Å². The molecule has 3 rings (SSSR count). The van der Waals surface area contributed by atoms with Crippen LogP contribution in [0.2, 0.25) is 0 Å². The molecule has 0 atom stereocenters. The van der Waals surface area contributed by atoms with Crippen LogP contribution in [0.25, 0.3) is 0 Å². The first kappa shape index (κ1) is 15.6. The second-order valence-corrected chi connectivity index (χ2v) is 6.53. The Morgan fingerprint density at radius 1 is 1.13 bits per heavy atom. The van der Waals surface area contributed by atoms with E-state index in [2.05, 4.69) is 15.6 Å². The molecule has 0 aliphatic heterocycles. The van der Waals surface area contributed by atoms with E-state index < -0.39 is 0 Å². The molecule has 0 radical (unpaired) electrons. The first-order valence-electron chi connectivity index (χ1n) is 7.42. The third kappa shape index (κ3) is 4.56. The molecule has 0 unspecified atom stereocenters. The van der Waals surface area contributed by atoms with Gasteiger partial charge in [0.2, 0.25) is 5.91 Å². The highest BCUT2D eigenvalue weighted by molar-refractivity contribution is 7.99. The van der Waals surface area contributed by atoms with E-state index in [1.165, 1.54) is 18.7 Å². The Morgan fingerprint density at radius 3 is 2.43 bits per heavy atom.